The van der Waals surface area contributed by atoms with E-state index in [2.05, 4.69) is 13.4 Å². The highest BCUT2D eigenvalue weighted by atomic mass is 32.2. The Morgan fingerprint density at radius 1 is 1.31 bits per heavy atom. The first kappa shape index (κ1) is 8.51. The van der Waals surface area contributed by atoms with Crippen LogP contribution in [0.3, 0.4) is 0 Å². The third kappa shape index (κ3) is 1.29. The smallest absolute Gasteiger partial charge is 0.473 e. The summed E-state index contributed by atoms with van der Waals surface area (Å²) in [7, 11) is -5.81. The standard InChI is InChI=1S/C4H3BO7S/c6-3-1-2-4(7)11-5(10-3)12-13(2,8)9/h2H,1H2. The summed E-state index contributed by atoms with van der Waals surface area (Å²) in [5.41, 5.74) is 0. The molecule has 0 saturated carbocycles. The molecule has 9 heteroatoms. The maximum absolute atomic E-state index is 11.1. The van der Waals surface area contributed by atoms with Crippen LogP contribution in [0.5, 0.6) is 0 Å². The summed E-state index contributed by atoms with van der Waals surface area (Å²) in [6, 6.07) is 0. The molecule has 3 rings (SSSR count). The highest BCUT2D eigenvalue weighted by molar-refractivity contribution is 7.89. The van der Waals surface area contributed by atoms with Crippen LogP contribution in [0.25, 0.3) is 0 Å². The minimum atomic E-state index is -4.06. The van der Waals surface area contributed by atoms with Crippen molar-refractivity contribution in [3.05, 3.63) is 0 Å². The predicted octanol–water partition coefficient (Wildman–Crippen LogP) is -1.81. The Balaban J connectivity index is 2.47. The molecular formula is C4H3BO7S. The molecule has 2 bridgehead atoms. The minimum Gasteiger partial charge on any atom is -0.473 e. The Hall–Kier alpha value is -1.09. The molecule has 0 aliphatic carbocycles. The van der Waals surface area contributed by atoms with Gasteiger partial charge < -0.3 is 9.31 Å². The Labute approximate surface area is 73.2 Å². The topological polar surface area (TPSA) is 96.0 Å². The molecule has 0 aromatic rings. The fourth-order valence-corrected chi connectivity index (χ4v) is 2.08. The molecule has 0 aromatic heterocycles. The number of carbonyl (C=O) groups excluding carboxylic acids is 2. The summed E-state index contributed by atoms with van der Waals surface area (Å²) >= 11 is 0. The van der Waals surface area contributed by atoms with Crippen molar-refractivity contribution in [1.29, 1.82) is 0 Å². The maximum Gasteiger partial charge on any atom is 0.807 e. The molecule has 3 aliphatic rings. The number of hydrogen-bond donors (Lipinski definition) is 0. The fourth-order valence-electron chi connectivity index (χ4n) is 1.02. The SMILES string of the molecule is O=C1CC2C(=O)OB(O1)OS2(=O)=O. The summed E-state index contributed by atoms with van der Waals surface area (Å²) in [5, 5.41) is -1.58. The van der Waals surface area contributed by atoms with Crippen LogP contribution in [0.2, 0.25) is 0 Å². The lowest BCUT2D eigenvalue weighted by molar-refractivity contribution is -0.136. The summed E-state index contributed by atoms with van der Waals surface area (Å²) in [5.74, 6) is -1.84. The number of rotatable bonds is 0. The molecule has 0 N–H and O–H groups in total. The molecule has 70 valence electrons. The van der Waals surface area contributed by atoms with Gasteiger partial charge in [0.05, 0.1) is 6.42 Å². The number of fused-ring (bicyclic) bond motifs is 4. The Kier molecular flexibility index (Phi) is 1.61. The third-order valence-electron chi connectivity index (χ3n) is 1.62. The molecule has 0 aromatic carbocycles. The van der Waals surface area contributed by atoms with Crippen molar-refractivity contribution >= 4 is 29.4 Å². The molecule has 0 spiro atoms. The van der Waals surface area contributed by atoms with Gasteiger partial charge in [-0.25, -0.2) is 4.10 Å². The second-order valence-corrected chi connectivity index (χ2v) is 4.24. The van der Waals surface area contributed by atoms with Gasteiger partial charge in [0.2, 0.25) is 0 Å². The van der Waals surface area contributed by atoms with Gasteiger partial charge in [-0.1, -0.05) is 0 Å². The quantitative estimate of drug-likeness (QED) is 0.431. The van der Waals surface area contributed by atoms with E-state index in [1.807, 2.05) is 0 Å². The molecule has 3 aliphatic heterocycles. The molecular weight excluding hydrogens is 203 g/mol. The zero-order valence-electron chi connectivity index (χ0n) is 6.13. The molecule has 3 saturated heterocycles. The fraction of sp³-hybridized carbons (Fsp3) is 0.500. The van der Waals surface area contributed by atoms with Crippen LogP contribution in [0.15, 0.2) is 0 Å². The lowest BCUT2D eigenvalue weighted by Crippen LogP contribution is -2.44. The molecule has 3 fully saturated rings. The van der Waals surface area contributed by atoms with E-state index in [4.69, 9.17) is 0 Å². The van der Waals surface area contributed by atoms with Crippen LogP contribution in [0.4, 0.5) is 0 Å². The van der Waals surface area contributed by atoms with E-state index in [1.54, 1.807) is 0 Å². The largest absolute Gasteiger partial charge is 0.807 e. The van der Waals surface area contributed by atoms with E-state index in [0.717, 1.165) is 0 Å². The van der Waals surface area contributed by atoms with Gasteiger partial charge in [-0.3, -0.25) is 9.59 Å². The van der Waals surface area contributed by atoms with E-state index in [0.29, 0.717) is 0 Å². The van der Waals surface area contributed by atoms with Gasteiger partial charge in [0.1, 0.15) is 0 Å². The van der Waals surface area contributed by atoms with Crippen LogP contribution in [0.1, 0.15) is 6.42 Å². The van der Waals surface area contributed by atoms with Crippen molar-refractivity contribution in [3.8, 4) is 0 Å². The lowest BCUT2D eigenvalue weighted by atomic mass is 10.2. The summed E-state index contributed by atoms with van der Waals surface area (Å²) in [6.07, 6.45) is -0.558. The maximum atomic E-state index is 11.1. The molecule has 0 amide bonds. The second-order valence-electron chi connectivity index (χ2n) is 2.50. The lowest BCUT2D eigenvalue weighted by Gasteiger charge is -2.17. The number of carbonyl (C=O) groups is 2. The van der Waals surface area contributed by atoms with Crippen molar-refractivity contribution in [1.82, 2.24) is 0 Å². The van der Waals surface area contributed by atoms with Crippen LogP contribution in [-0.2, 0) is 33.1 Å². The third-order valence-corrected chi connectivity index (χ3v) is 3.10. The normalized spacial score (nSPS) is 30.8. The van der Waals surface area contributed by atoms with Crippen LogP contribution >= 0.6 is 0 Å². The molecule has 13 heavy (non-hydrogen) atoms. The first-order chi connectivity index (χ1) is 5.99. The molecule has 1 atom stereocenters. The van der Waals surface area contributed by atoms with Gasteiger partial charge in [-0.05, 0) is 0 Å². The minimum absolute atomic E-state index is 0.558. The number of hydrogen-bond acceptors (Lipinski definition) is 7. The highest BCUT2D eigenvalue weighted by Crippen LogP contribution is 2.23. The predicted molar refractivity (Wildman–Crippen MR) is 36.3 cm³/mol. The van der Waals surface area contributed by atoms with E-state index >= 15 is 0 Å². The molecule has 1 unspecified atom stereocenters. The second kappa shape index (κ2) is 2.45. The van der Waals surface area contributed by atoms with Crippen molar-refractivity contribution < 1.29 is 31.4 Å². The zero-order valence-corrected chi connectivity index (χ0v) is 6.94. The Bertz CT molecular complexity index is 370. The van der Waals surface area contributed by atoms with Crippen LogP contribution in [0, 0.1) is 0 Å². The Morgan fingerprint density at radius 2 is 2.00 bits per heavy atom. The van der Waals surface area contributed by atoms with E-state index < -0.39 is 41.0 Å². The zero-order chi connectivity index (χ0) is 9.64. The van der Waals surface area contributed by atoms with Gasteiger partial charge in [0, 0.05) is 0 Å². The van der Waals surface area contributed by atoms with E-state index in [1.165, 1.54) is 0 Å². The van der Waals surface area contributed by atoms with Crippen LogP contribution in [-0.4, -0.2) is 32.9 Å². The average Bonchev–Trinajstić information content (AvgIpc) is 2.13. The molecule has 0 radical (unpaired) electrons. The monoisotopic (exact) mass is 206 g/mol. The van der Waals surface area contributed by atoms with Crippen molar-refractivity contribution in [3.63, 3.8) is 0 Å². The highest BCUT2D eigenvalue weighted by Gasteiger charge is 2.55. The van der Waals surface area contributed by atoms with Crippen molar-refractivity contribution in [2.45, 2.75) is 11.7 Å². The van der Waals surface area contributed by atoms with Gasteiger partial charge in [0.25, 0.3) is 16.1 Å². The van der Waals surface area contributed by atoms with Crippen LogP contribution < -0.4 is 0 Å². The molecule has 7 nitrogen and oxygen atoms in total. The Morgan fingerprint density at radius 3 is 2.62 bits per heavy atom. The van der Waals surface area contributed by atoms with Gasteiger partial charge >= 0.3 is 13.3 Å². The van der Waals surface area contributed by atoms with Gasteiger partial charge in [0.15, 0.2) is 5.25 Å². The first-order valence-electron chi connectivity index (χ1n) is 3.31. The first-order valence-corrected chi connectivity index (χ1v) is 4.78. The summed E-state index contributed by atoms with van der Waals surface area (Å²) in [6.45, 7) is 0. The van der Waals surface area contributed by atoms with Gasteiger partial charge in [-0.15, -0.1) is 0 Å². The average molecular weight is 206 g/mol. The van der Waals surface area contributed by atoms with Crippen molar-refractivity contribution in [2.24, 2.45) is 0 Å². The molecule has 3 heterocycles. The van der Waals surface area contributed by atoms with Gasteiger partial charge in [-0.2, -0.15) is 8.42 Å². The summed E-state index contributed by atoms with van der Waals surface area (Å²) in [4.78, 5) is 21.7. The van der Waals surface area contributed by atoms with Crippen molar-refractivity contribution in [2.75, 3.05) is 0 Å². The van der Waals surface area contributed by atoms with E-state index in [-0.39, 0.29) is 0 Å². The van der Waals surface area contributed by atoms with E-state index in [9.17, 15) is 18.0 Å². The summed E-state index contributed by atoms with van der Waals surface area (Å²) < 4.78 is 35.0.